The van der Waals surface area contributed by atoms with Crippen LogP contribution >= 0.6 is 11.6 Å². The molecule has 0 spiro atoms. The average Bonchev–Trinajstić information content (AvgIpc) is 2.55. The summed E-state index contributed by atoms with van der Waals surface area (Å²) in [5.41, 5.74) is 0.347. The molecule has 0 bridgehead atoms. The van der Waals surface area contributed by atoms with Crippen molar-refractivity contribution in [1.82, 2.24) is 0 Å². The quantitative estimate of drug-likeness (QED) is 0.782. The summed E-state index contributed by atoms with van der Waals surface area (Å²) in [6.07, 6.45) is 0. The van der Waals surface area contributed by atoms with Crippen LogP contribution in [0.2, 0.25) is 5.02 Å². The van der Waals surface area contributed by atoms with Crippen molar-refractivity contribution in [2.45, 2.75) is 5.92 Å². The number of ether oxygens (including phenoxy) is 1. The molecule has 3 nitrogen and oxygen atoms in total. The first-order valence-corrected chi connectivity index (χ1v) is 4.32. The van der Waals surface area contributed by atoms with E-state index >= 15 is 0 Å². The fourth-order valence-electron chi connectivity index (χ4n) is 1.43. The predicted molar refractivity (Wildman–Crippen MR) is 47.3 cm³/mol. The fraction of sp³-hybridized carbons (Fsp3) is 0.222. The lowest BCUT2D eigenvalue weighted by atomic mass is 10.0. The zero-order valence-electron chi connectivity index (χ0n) is 6.96. The van der Waals surface area contributed by atoms with E-state index in [0.717, 1.165) is 0 Å². The van der Waals surface area contributed by atoms with Crippen LogP contribution in [0.3, 0.4) is 0 Å². The maximum Gasteiger partial charge on any atom is 0.314 e. The van der Waals surface area contributed by atoms with Crippen molar-refractivity contribution < 1.29 is 19.0 Å². The number of benzene rings is 1. The van der Waals surface area contributed by atoms with E-state index in [-0.39, 0.29) is 17.4 Å². The largest absolute Gasteiger partial charge is 0.489 e. The van der Waals surface area contributed by atoms with Crippen LogP contribution in [-0.2, 0) is 4.79 Å². The molecule has 1 atom stereocenters. The summed E-state index contributed by atoms with van der Waals surface area (Å²) in [4.78, 5) is 10.7. The number of fused-ring (bicyclic) bond motifs is 1. The van der Waals surface area contributed by atoms with E-state index in [1.807, 2.05) is 0 Å². The number of carboxylic acids is 1. The molecule has 1 aromatic rings. The smallest absolute Gasteiger partial charge is 0.314 e. The highest BCUT2D eigenvalue weighted by Gasteiger charge is 2.32. The van der Waals surface area contributed by atoms with Crippen molar-refractivity contribution in [3.05, 3.63) is 28.5 Å². The number of carbonyl (C=O) groups is 1. The van der Waals surface area contributed by atoms with Crippen molar-refractivity contribution in [2.75, 3.05) is 6.61 Å². The number of hydrogen-bond acceptors (Lipinski definition) is 2. The lowest BCUT2D eigenvalue weighted by molar-refractivity contribution is -0.138. The van der Waals surface area contributed by atoms with E-state index in [1.165, 1.54) is 12.1 Å². The highest BCUT2D eigenvalue weighted by atomic mass is 35.5. The summed E-state index contributed by atoms with van der Waals surface area (Å²) in [6.45, 7) is -0.0398. The van der Waals surface area contributed by atoms with E-state index in [4.69, 9.17) is 21.4 Å². The number of carboxylic acid groups (broad SMARTS) is 1. The highest BCUT2D eigenvalue weighted by Crippen LogP contribution is 2.38. The van der Waals surface area contributed by atoms with Gasteiger partial charge in [-0.05, 0) is 6.07 Å². The van der Waals surface area contributed by atoms with Crippen molar-refractivity contribution >= 4 is 17.6 Å². The average molecular weight is 217 g/mol. The van der Waals surface area contributed by atoms with Crippen LogP contribution in [0.4, 0.5) is 4.39 Å². The molecular formula is C9H6ClFO3. The van der Waals surface area contributed by atoms with Crippen LogP contribution in [0.25, 0.3) is 0 Å². The number of rotatable bonds is 1. The van der Waals surface area contributed by atoms with Gasteiger partial charge in [-0.3, -0.25) is 4.79 Å². The van der Waals surface area contributed by atoms with Crippen LogP contribution in [0.15, 0.2) is 12.1 Å². The third-order valence-corrected chi connectivity index (χ3v) is 2.44. The third-order valence-electron chi connectivity index (χ3n) is 2.15. The Morgan fingerprint density at radius 1 is 1.64 bits per heavy atom. The first kappa shape index (κ1) is 9.27. The van der Waals surface area contributed by atoms with Gasteiger partial charge < -0.3 is 9.84 Å². The lowest BCUT2D eigenvalue weighted by Crippen LogP contribution is -2.12. The van der Waals surface area contributed by atoms with Gasteiger partial charge in [-0.2, -0.15) is 0 Å². The van der Waals surface area contributed by atoms with E-state index in [1.54, 1.807) is 0 Å². The topological polar surface area (TPSA) is 46.5 Å². The first-order valence-electron chi connectivity index (χ1n) is 3.94. The molecule has 1 heterocycles. The molecule has 1 aliphatic heterocycles. The molecule has 74 valence electrons. The molecule has 0 saturated carbocycles. The van der Waals surface area contributed by atoms with Gasteiger partial charge in [0.25, 0.3) is 0 Å². The maximum absolute atomic E-state index is 13.3. The van der Waals surface area contributed by atoms with Crippen LogP contribution < -0.4 is 4.74 Å². The Bertz CT molecular complexity index is 405. The van der Waals surface area contributed by atoms with Crippen LogP contribution in [0.5, 0.6) is 5.75 Å². The minimum absolute atomic E-state index is 0.0371. The molecule has 2 rings (SSSR count). The second-order valence-electron chi connectivity index (χ2n) is 2.98. The molecule has 5 heteroatoms. The van der Waals surface area contributed by atoms with Gasteiger partial charge in [-0.1, -0.05) is 17.7 Å². The van der Waals surface area contributed by atoms with E-state index in [2.05, 4.69) is 0 Å². The van der Waals surface area contributed by atoms with Crippen LogP contribution in [0.1, 0.15) is 11.5 Å². The Morgan fingerprint density at radius 3 is 3.00 bits per heavy atom. The van der Waals surface area contributed by atoms with Crippen molar-refractivity contribution in [3.8, 4) is 5.75 Å². The standard InChI is InChI=1S/C9H6ClFO3/c10-6-2-1-4-5(9(12)13)3-14-8(4)7(6)11/h1-2,5H,3H2,(H,12,13). The Labute approximate surface area is 84.1 Å². The molecule has 0 saturated heterocycles. The van der Waals surface area contributed by atoms with Crippen molar-refractivity contribution in [1.29, 1.82) is 0 Å². The van der Waals surface area contributed by atoms with E-state index in [0.29, 0.717) is 5.56 Å². The highest BCUT2D eigenvalue weighted by molar-refractivity contribution is 6.30. The Kier molecular flexibility index (Phi) is 2.07. The van der Waals surface area contributed by atoms with Crippen LogP contribution in [0, 0.1) is 5.82 Å². The summed E-state index contributed by atoms with van der Waals surface area (Å²) < 4.78 is 18.2. The molecule has 14 heavy (non-hydrogen) atoms. The molecule has 0 fully saturated rings. The second-order valence-corrected chi connectivity index (χ2v) is 3.39. The minimum Gasteiger partial charge on any atom is -0.489 e. The Balaban J connectivity index is 2.53. The van der Waals surface area contributed by atoms with Gasteiger partial charge >= 0.3 is 5.97 Å². The molecule has 1 N–H and O–H groups in total. The number of hydrogen-bond donors (Lipinski definition) is 1. The molecule has 1 unspecified atom stereocenters. The van der Waals surface area contributed by atoms with Crippen molar-refractivity contribution in [3.63, 3.8) is 0 Å². The Morgan fingerprint density at radius 2 is 2.36 bits per heavy atom. The Hall–Kier alpha value is -1.29. The number of aliphatic carboxylic acids is 1. The maximum atomic E-state index is 13.3. The van der Waals surface area contributed by atoms with Gasteiger partial charge in [0, 0.05) is 5.56 Å². The van der Waals surface area contributed by atoms with Crippen molar-refractivity contribution in [2.24, 2.45) is 0 Å². The summed E-state index contributed by atoms with van der Waals surface area (Å²) >= 11 is 5.52. The molecule has 0 amide bonds. The first-order chi connectivity index (χ1) is 6.61. The van der Waals surface area contributed by atoms with Gasteiger partial charge in [-0.25, -0.2) is 4.39 Å². The second kappa shape index (κ2) is 3.13. The summed E-state index contributed by atoms with van der Waals surface area (Å²) in [5, 5.41) is 8.72. The van der Waals surface area contributed by atoms with E-state index < -0.39 is 17.7 Å². The monoisotopic (exact) mass is 216 g/mol. The minimum atomic E-state index is -1.02. The molecule has 0 radical (unpaired) electrons. The summed E-state index contributed by atoms with van der Waals surface area (Å²) in [7, 11) is 0. The fourth-order valence-corrected chi connectivity index (χ4v) is 1.58. The predicted octanol–water partition coefficient (Wildman–Crippen LogP) is 2.04. The van der Waals surface area contributed by atoms with Crippen LogP contribution in [-0.4, -0.2) is 17.7 Å². The van der Waals surface area contributed by atoms with Gasteiger partial charge in [0.1, 0.15) is 12.5 Å². The zero-order chi connectivity index (χ0) is 10.3. The van der Waals surface area contributed by atoms with Gasteiger partial charge in [-0.15, -0.1) is 0 Å². The molecular weight excluding hydrogens is 211 g/mol. The normalized spacial score (nSPS) is 18.9. The SMILES string of the molecule is O=C(O)C1COc2c1ccc(Cl)c2F. The third kappa shape index (κ3) is 1.23. The molecule has 1 aliphatic rings. The van der Waals surface area contributed by atoms with Gasteiger partial charge in [0.05, 0.1) is 5.02 Å². The van der Waals surface area contributed by atoms with Gasteiger partial charge in [0.15, 0.2) is 11.6 Å². The summed E-state index contributed by atoms with van der Waals surface area (Å²) in [6, 6.07) is 2.81. The lowest BCUT2D eigenvalue weighted by Gasteiger charge is -2.02. The number of halogens is 2. The molecule has 0 aromatic heterocycles. The van der Waals surface area contributed by atoms with E-state index in [9.17, 15) is 9.18 Å². The molecule has 0 aliphatic carbocycles. The molecule has 1 aromatic carbocycles. The summed E-state index contributed by atoms with van der Waals surface area (Å²) in [5.74, 6) is -2.54. The zero-order valence-corrected chi connectivity index (χ0v) is 7.71. The van der Waals surface area contributed by atoms with Gasteiger partial charge in [0.2, 0.25) is 0 Å².